The summed E-state index contributed by atoms with van der Waals surface area (Å²) in [5, 5.41) is 2.65. The minimum absolute atomic E-state index is 0.130. The Hall–Kier alpha value is -1.40. The van der Waals surface area contributed by atoms with Crippen molar-refractivity contribution in [2.45, 2.75) is 30.1 Å². The number of halogens is 2. The molecule has 2 aromatic rings. The summed E-state index contributed by atoms with van der Waals surface area (Å²) in [5.41, 5.74) is 2.61. The number of nitrogens with zero attached hydrogens (tertiary/aromatic N) is 1. The van der Waals surface area contributed by atoms with Gasteiger partial charge in [-0.05, 0) is 49.6 Å². The van der Waals surface area contributed by atoms with Gasteiger partial charge in [0.05, 0.1) is 3.74 Å². The van der Waals surface area contributed by atoms with E-state index >= 15 is 0 Å². The predicted molar refractivity (Wildman–Crippen MR) is 100 cm³/mol. The number of anilines is 1. The predicted octanol–water partition coefficient (Wildman–Crippen LogP) is 5.88. The molecular formula is C17H18Br2N2O2. The number of nitrogens with one attached hydrogen (secondary N) is 1. The summed E-state index contributed by atoms with van der Waals surface area (Å²) in [5.74, 6) is 0.458. The fourth-order valence-electron chi connectivity index (χ4n) is 1.91. The molecule has 0 aliphatic carbocycles. The lowest BCUT2D eigenvalue weighted by atomic mass is 10.1. The molecule has 0 fully saturated rings. The summed E-state index contributed by atoms with van der Waals surface area (Å²) in [4.78, 5) is 16.0. The maximum absolute atomic E-state index is 11.8. The Kier molecular flexibility index (Phi) is 5.81. The molecule has 1 aromatic carbocycles. The smallest absolute Gasteiger partial charge is 0.413 e. The van der Waals surface area contributed by atoms with Crippen LogP contribution in [0.4, 0.5) is 10.6 Å². The van der Waals surface area contributed by atoms with Crippen LogP contribution in [-0.2, 0) is 4.74 Å². The third-order valence-corrected chi connectivity index (χ3v) is 3.94. The second-order valence-electron chi connectivity index (χ2n) is 5.98. The Morgan fingerprint density at radius 1 is 1.13 bits per heavy atom. The van der Waals surface area contributed by atoms with Crippen LogP contribution in [0.5, 0.6) is 0 Å². The van der Waals surface area contributed by atoms with Gasteiger partial charge in [0, 0.05) is 6.20 Å². The summed E-state index contributed by atoms with van der Waals surface area (Å²) in [6.07, 6.45) is 1.15. The van der Waals surface area contributed by atoms with Gasteiger partial charge in [0.15, 0.2) is 0 Å². The molecule has 122 valence electrons. The fourth-order valence-corrected chi connectivity index (χ4v) is 2.52. The highest BCUT2D eigenvalue weighted by Crippen LogP contribution is 2.31. The Labute approximate surface area is 152 Å². The van der Waals surface area contributed by atoms with E-state index in [1.807, 2.05) is 57.2 Å². The molecule has 23 heavy (non-hydrogen) atoms. The Bertz CT molecular complexity index is 680. The van der Waals surface area contributed by atoms with Crippen LogP contribution in [0.1, 0.15) is 30.1 Å². The molecule has 0 radical (unpaired) electrons. The van der Waals surface area contributed by atoms with E-state index < -0.39 is 11.7 Å². The number of carbonyl (C=O) groups is 1. The average molecular weight is 442 g/mol. The number of benzene rings is 1. The highest BCUT2D eigenvalue weighted by atomic mass is 79.9. The van der Waals surface area contributed by atoms with Crippen LogP contribution < -0.4 is 5.32 Å². The van der Waals surface area contributed by atoms with E-state index in [-0.39, 0.29) is 3.74 Å². The van der Waals surface area contributed by atoms with Crippen LogP contribution in [0.15, 0.2) is 42.6 Å². The molecular weight excluding hydrogens is 424 g/mol. The monoisotopic (exact) mass is 440 g/mol. The van der Waals surface area contributed by atoms with Gasteiger partial charge in [0.2, 0.25) is 0 Å². The molecule has 0 saturated heterocycles. The van der Waals surface area contributed by atoms with E-state index in [2.05, 4.69) is 42.2 Å². The largest absolute Gasteiger partial charge is 0.444 e. The van der Waals surface area contributed by atoms with Gasteiger partial charge >= 0.3 is 6.09 Å². The summed E-state index contributed by atoms with van der Waals surface area (Å²) in [7, 11) is 0. The minimum atomic E-state index is -0.542. The molecule has 1 amide bonds. The lowest BCUT2D eigenvalue weighted by Gasteiger charge is -2.19. The van der Waals surface area contributed by atoms with Gasteiger partial charge in [0.25, 0.3) is 0 Å². The first kappa shape index (κ1) is 17.9. The first-order valence-electron chi connectivity index (χ1n) is 7.09. The van der Waals surface area contributed by atoms with Gasteiger partial charge < -0.3 is 4.74 Å². The van der Waals surface area contributed by atoms with Crippen molar-refractivity contribution in [3.05, 3.63) is 48.2 Å². The van der Waals surface area contributed by atoms with Crippen molar-refractivity contribution in [3.63, 3.8) is 0 Å². The molecule has 0 spiro atoms. The molecule has 1 aromatic heterocycles. The van der Waals surface area contributed by atoms with Gasteiger partial charge in [-0.25, -0.2) is 9.78 Å². The second kappa shape index (κ2) is 7.45. The number of alkyl halides is 2. The van der Waals surface area contributed by atoms with Crippen LogP contribution in [-0.4, -0.2) is 16.7 Å². The van der Waals surface area contributed by atoms with Crippen molar-refractivity contribution in [3.8, 4) is 11.1 Å². The normalized spacial score (nSPS) is 11.4. The van der Waals surface area contributed by atoms with Gasteiger partial charge in [-0.15, -0.1) is 0 Å². The number of hydrogen-bond acceptors (Lipinski definition) is 3. The maximum atomic E-state index is 11.8. The lowest BCUT2D eigenvalue weighted by molar-refractivity contribution is 0.0635. The van der Waals surface area contributed by atoms with E-state index in [1.54, 1.807) is 6.20 Å². The Balaban J connectivity index is 2.15. The third kappa shape index (κ3) is 5.62. The van der Waals surface area contributed by atoms with E-state index in [1.165, 1.54) is 0 Å². The van der Waals surface area contributed by atoms with E-state index in [0.29, 0.717) is 5.82 Å². The van der Waals surface area contributed by atoms with E-state index in [9.17, 15) is 4.79 Å². The van der Waals surface area contributed by atoms with Crippen molar-refractivity contribution < 1.29 is 9.53 Å². The standard InChI is InChI=1S/C17H18Br2N2O2/c1-17(2,3)23-16(22)21-14-10-13(8-9-20-14)11-4-6-12(7-5-11)15(18)19/h4-10,15H,1-3H3,(H,20,21,22). The molecule has 0 bridgehead atoms. The molecule has 4 nitrogen and oxygen atoms in total. The van der Waals surface area contributed by atoms with Gasteiger partial charge in [-0.1, -0.05) is 56.1 Å². The number of rotatable bonds is 3. The zero-order valence-electron chi connectivity index (χ0n) is 13.1. The van der Waals surface area contributed by atoms with Gasteiger partial charge in [0.1, 0.15) is 11.4 Å². The number of carbonyl (C=O) groups excluding carboxylic acids is 1. The van der Waals surface area contributed by atoms with E-state index in [0.717, 1.165) is 16.7 Å². The van der Waals surface area contributed by atoms with Crippen LogP contribution in [0.2, 0.25) is 0 Å². The molecule has 2 rings (SSSR count). The fraction of sp³-hybridized carbons (Fsp3) is 0.294. The Morgan fingerprint density at radius 3 is 2.35 bits per heavy atom. The second-order valence-corrected chi connectivity index (χ2v) is 9.04. The summed E-state index contributed by atoms with van der Waals surface area (Å²) in [6, 6.07) is 11.8. The highest BCUT2D eigenvalue weighted by Gasteiger charge is 2.16. The summed E-state index contributed by atoms with van der Waals surface area (Å²) >= 11 is 6.94. The number of pyridine rings is 1. The molecule has 1 N–H and O–H groups in total. The van der Waals surface area contributed by atoms with Crippen molar-refractivity contribution in [2.75, 3.05) is 5.32 Å². The molecule has 0 saturated carbocycles. The van der Waals surface area contributed by atoms with Crippen molar-refractivity contribution in [2.24, 2.45) is 0 Å². The number of hydrogen-bond donors (Lipinski definition) is 1. The van der Waals surface area contributed by atoms with Crippen molar-refractivity contribution in [1.29, 1.82) is 0 Å². The average Bonchev–Trinajstić information content (AvgIpc) is 2.45. The minimum Gasteiger partial charge on any atom is -0.444 e. The summed E-state index contributed by atoms with van der Waals surface area (Å²) in [6.45, 7) is 5.46. The van der Waals surface area contributed by atoms with Crippen molar-refractivity contribution >= 4 is 43.8 Å². The lowest BCUT2D eigenvalue weighted by Crippen LogP contribution is -2.27. The van der Waals surface area contributed by atoms with Crippen LogP contribution >= 0.6 is 31.9 Å². The molecule has 0 aliphatic heterocycles. The molecule has 0 unspecified atom stereocenters. The first-order chi connectivity index (χ1) is 10.7. The number of ether oxygens (including phenoxy) is 1. The Morgan fingerprint density at radius 2 is 1.78 bits per heavy atom. The molecule has 1 heterocycles. The molecule has 0 aliphatic rings. The summed E-state index contributed by atoms with van der Waals surface area (Å²) < 4.78 is 5.36. The molecule has 0 atom stereocenters. The van der Waals surface area contributed by atoms with Gasteiger partial charge in [-0.3, -0.25) is 5.32 Å². The van der Waals surface area contributed by atoms with Crippen molar-refractivity contribution in [1.82, 2.24) is 4.98 Å². The zero-order chi connectivity index (χ0) is 17.0. The van der Waals surface area contributed by atoms with E-state index in [4.69, 9.17) is 4.74 Å². The number of amides is 1. The van der Waals surface area contributed by atoms with Crippen LogP contribution in [0.25, 0.3) is 11.1 Å². The maximum Gasteiger partial charge on any atom is 0.413 e. The topological polar surface area (TPSA) is 51.2 Å². The van der Waals surface area contributed by atoms with Crippen LogP contribution in [0, 0.1) is 0 Å². The SMILES string of the molecule is CC(C)(C)OC(=O)Nc1cc(-c2ccc(C(Br)Br)cc2)ccn1. The van der Waals surface area contributed by atoms with Crippen LogP contribution in [0.3, 0.4) is 0 Å². The van der Waals surface area contributed by atoms with Gasteiger partial charge in [-0.2, -0.15) is 0 Å². The highest BCUT2D eigenvalue weighted by molar-refractivity contribution is 9.24. The third-order valence-electron chi connectivity index (χ3n) is 2.88. The number of aromatic nitrogens is 1. The zero-order valence-corrected chi connectivity index (χ0v) is 16.3. The quantitative estimate of drug-likeness (QED) is 0.604. The first-order valence-corrected chi connectivity index (χ1v) is 8.92. The molecule has 6 heteroatoms.